The SMILES string of the molecule is CCCNc1ncnc(NCCOCC(N)=O)c1CCC. The molecule has 7 heteroatoms. The van der Waals surface area contributed by atoms with Crippen molar-refractivity contribution < 1.29 is 9.53 Å². The number of carbonyl (C=O) groups is 1. The minimum atomic E-state index is -0.463. The summed E-state index contributed by atoms with van der Waals surface area (Å²) < 4.78 is 5.12. The van der Waals surface area contributed by atoms with E-state index in [0.717, 1.165) is 43.0 Å². The van der Waals surface area contributed by atoms with Gasteiger partial charge in [0.25, 0.3) is 0 Å². The Morgan fingerprint density at radius 2 is 1.86 bits per heavy atom. The van der Waals surface area contributed by atoms with Gasteiger partial charge in [-0.2, -0.15) is 0 Å². The fourth-order valence-electron chi connectivity index (χ4n) is 1.86. The molecule has 0 aromatic carbocycles. The highest BCUT2D eigenvalue weighted by Crippen LogP contribution is 2.21. The Morgan fingerprint density at radius 1 is 1.19 bits per heavy atom. The zero-order valence-corrected chi connectivity index (χ0v) is 12.8. The van der Waals surface area contributed by atoms with Crippen LogP contribution < -0.4 is 16.4 Å². The van der Waals surface area contributed by atoms with Crippen LogP contribution in [0.2, 0.25) is 0 Å². The van der Waals surface area contributed by atoms with Gasteiger partial charge in [-0.05, 0) is 12.8 Å². The first kappa shape index (κ1) is 17.2. The monoisotopic (exact) mass is 295 g/mol. The minimum absolute atomic E-state index is 0.0590. The molecule has 0 spiro atoms. The van der Waals surface area contributed by atoms with Gasteiger partial charge in [0.05, 0.1) is 6.61 Å². The van der Waals surface area contributed by atoms with E-state index in [2.05, 4.69) is 34.4 Å². The second-order valence-electron chi connectivity index (χ2n) is 4.67. The van der Waals surface area contributed by atoms with Crippen molar-refractivity contribution in [1.29, 1.82) is 0 Å². The average Bonchev–Trinajstić information content (AvgIpc) is 2.46. The van der Waals surface area contributed by atoms with Crippen LogP contribution in [0.5, 0.6) is 0 Å². The molecule has 1 aromatic rings. The molecular formula is C14H25N5O2. The maximum Gasteiger partial charge on any atom is 0.243 e. The molecule has 7 nitrogen and oxygen atoms in total. The number of nitrogens with two attached hydrogens (primary N) is 1. The Hall–Kier alpha value is -1.89. The third kappa shape index (κ3) is 6.40. The first-order valence-corrected chi connectivity index (χ1v) is 7.36. The molecule has 0 atom stereocenters. The van der Waals surface area contributed by atoms with Gasteiger partial charge in [0.1, 0.15) is 24.6 Å². The summed E-state index contributed by atoms with van der Waals surface area (Å²) in [6.45, 7) is 6.02. The topological polar surface area (TPSA) is 102 Å². The van der Waals surface area contributed by atoms with Crippen LogP contribution in [0.25, 0.3) is 0 Å². The number of anilines is 2. The van der Waals surface area contributed by atoms with E-state index in [1.807, 2.05) is 0 Å². The summed E-state index contributed by atoms with van der Waals surface area (Å²) >= 11 is 0. The summed E-state index contributed by atoms with van der Waals surface area (Å²) in [6.07, 6.45) is 4.50. The van der Waals surface area contributed by atoms with Gasteiger partial charge in [-0.3, -0.25) is 4.79 Å². The first-order valence-electron chi connectivity index (χ1n) is 7.36. The number of carbonyl (C=O) groups excluding carboxylic acids is 1. The number of primary amides is 1. The third-order valence-corrected chi connectivity index (χ3v) is 2.77. The van der Waals surface area contributed by atoms with Crippen LogP contribution in [0.3, 0.4) is 0 Å². The molecule has 0 saturated heterocycles. The van der Waals surface area contributed by atoms with E-state index in [1.165, 1.54) is 0 Å². The molecule has 0 aliphatic heterocycles. The Kier molecular flexibility index (Phi) is 8.11. The molecule has 1 heterocycles. The lowest BCUT2D eigenvalue weighted by Crippen LogP contribution is -2.21. The van der Waals surface area contributed by atoms with Crippen molar-refractivity contribution in [2.75, 3.05) is 36.9 Å². The predicted octanol–water partition coefficient (Wildman–Crippen LogP) is 1.16. The smallest absolute Gasteiger partial charge is 0.243 e. The molecule has 0 radical (unpaired) electrons. The highest BCUT2D eigenvalue weighted by molar-refractivity contribution is 5.74. The van der Waals surface area contributed by atoms with Gasteiger partial charge in [0.2, 0.25) is 5.91 Å². The van der Waals surface area contributed by atoms with E-state index in [4.69, 9.17) is 10.5 Å². The lowest BCUT2D eigenvalue weighted by molar-refractivity contribution is -0.122. The molecule has 0 bridgehead atoms. The predicted molar refractivity (Wildman–Crippen MR) is 83.3 cm³/mol. The van der Waals surface area contributed by atoms with Gasteiger partial charge in [0.15, 0.2) is 0 Å². The molecule has 118 valence electrons. The number of nitrogens with one attached hydrogen (secondary N) is 2. The highest BCUT2D eigenvalue weighted by atomic mass is 16.5. The molecule has 1 aromatic heterocycles. The normalized spacial score (nSPS) is 10.4. The number of hydrogen-bond acceptors (Lipinski definition) is 6. The molecule has 0 aliphatic carbocycles. The van der Waals surface area contributed by atoms with Gasteiger partial charge >= 0.3 is 0 Å². The van der Waals surface area contributed by atoms with Crippen molar-refractivity contribution in [2.24, 2.45) is 5.73 Å². The maximum absolute atomic E-state index is 10.6. The number of hydrogen-bond donors (Lipinski definition) is 3. The highest BCUT2D eigenvalue weighted by Gasteiger charge is 2.10. The molecule has 0 fully saturated rings. The van der Waals surface area contributed by atoms with Crippen LogP contribution >= 0.6 is 0 Å². The van der Waals surface area contributed by atoms with Crippen molar-refractivity contribution in [3.8, 4) is 0 Å². The van der Waals surface area contributed by atoms with Crippen LogP contribution in [-0.2, 0) is 16.0 Å². The summed E-state index contributed by atoms with van der Waals surface area (Å²) in [6, 6.07) is 0. The standard InChI is InChI=1S/C14H25N5O2/c1-3-5-11-13(16-6-4-2)18-10-19-14(11)17-7-8-21-9-12(15)20/h10H,3-9H2,1-2H3,(H2,15,20)(H2,16,17,18,19). The largest absolute Gasteiger partial charge is 0.370 e. The van der Waals surface area contributed by atoms with Crippen molar-refractivity contribution >= 4 is 17.5 Å². The maximum atomic E-state index is 10.6. The van der Waals surface area contributed by atoms with Gasteiger partial charge in [0, 0.05) is 18.7 Å². The van der Waals surface area contributed by atoms with Gasteiger partial charge < -0.3 is 21.1 Å². The zero-order chi connectivity index (χ0) is 15.5. The number of amides is 1. The van der Waals surface area contributed by atoms with E-state index < -0.39 is 5.91 Å². The molecule has 0 saturated carbocycles. The van der Waals surface area contributed by atoms with Crippen molar-refractivity contribution in [3.05, 3.63) is 11.9 Å². The molecule has 1 rings (SSSR count). The Morgan fingerprint density at radius 3 is 2.43 bits per heavy atom. The minimum Gasteiger partial charge on any atom is -0.370 e. The van der Waals surface area contributed by atoms with Crippen LogP contribution in [-0.4, -0.2) is 42.2 Å². The van der Waals surface area contributed by atoms with Crippen LogP contribution in [0.15, 0.2) is 6.33 Å². The van der Waals surface area contributed by atoms with Crippen molar-refractivity contribution in [2.45, 2.75) is 33.1 Å². The number of ether oxygens (including phenoxy) is 1. The van der Waals surface area contributed by atoms with Gasteiger partial charge in [-0.25, -0.2) is 9.97 Å². The summed E-state index contributed by atoms with van der Waals surface area (Å²) in [5.74, 6) is 1.23. The number of rotatable bonds is 11. The second kappa shape index (κ2) is 9.93. The summed E-state index contributed by atoms with van der Waals surface area (Å²) in [5.41, 5.74) is 6.09. The van der Waals surface area contributed by atoms with Crippen LogP contribution in [0.1, 0.15) is 32.3 Å². The van der Waals surface area contributed by atoms with E-state index >= 15 is 0 Å². The molecule has 0 aliphatic rings. The quantitative estimate of drug-likeness (QED) is 0.530. The van der Waals surface area contributed by atoms with Gasteiger partial charge in [-0.15, -0.1) is 0 Å². The molecule has 4 N–H and O–H groups in total. The van der Waals surface area contributed by atoms with E-state index in [0.29, 0.717) is 13.2 Å². The first-order chi connectivity index (χ1) is 10.2. The summed E-state index contributed by atoms with van der Waals surface area (Å²) in [4.78, 5) is 19.2. The van der Waals surface area contributed by atoms with E-state index in [1.54, 1.807) is 6.33 Å². The van der Waals surface area contributed by atoms with Crippen molar-refractivity contribution in [3.63, 3.8) is 0 Å². The molecule has 1 amide bonds. The van der Waals surface area contributed by atoms with E-state index in [-0.39, 0.29) is 6.61 Å². The summed E-state index contributed by atoms with van der Waals surface area (Å²) in [7, 11) is 0. The lowest BCUT2D eigenvalue weighted by Gasteiger charge is -2.14. The Bertz CT molecular complexity index is 439. The number of aromatic nitrogens is 2. The Balaban J connectivity index is 2.60. The third-order valence-electron chi connectivity index (χ3n) is 2.77. The summed E-state index contributed by atoms with van der Waals surface area (Å²) in [5, 5.41) is 6.54. The molecule has 21 heavy (non-hydrogen) atoms. The fourth-order valence-corrected chi connectivity index (χ4v) is 1.86. The van der Waals surface area contributed by atoms with E-state index in [9.17, 15) is 4.79 Å². The molecular weight excluding hydrogens is 270 g/mol. The Labute approximate surface area is 125 Å². The number of nitrogens with zero attached hydrogens (tertiary/aromatic N) is 2. The van der Waals surface area contributed by atoms with Crippen molar-refractivity contribution in [1.82, 2.24) is 9.97 Å². The molecule has 0 unspecified atom stereocenters. The zero-order valence-electron chi connectivity index (χ0n) is 12.8. The second-order valence-corrected chi connectivity index (χ2v) is 4.67. The lowest BCUT2D eigenvalue weighted by atomic mass is 10.1. The van der Waals surface area contributed by atoms with Crippen LogP contribution in [0.4, 0.5) is 11.6 Å². The average molecular weight is 295 g/mol. The van der Waals surface area contributed by atoms with Crippen LogP contribution in [0, 0.1) is 0 Å². The fraction of sp³-hybridized carbons (Fsp3) is 0.643. The van der Waals surface area contributed by atoms with Gasteiger partial charge in [-0.1, -0.05) is 20.3 Å².